The summed E-state index contributed by atoms with van der Waals surface area (Å²) in [7, 11) is 1.86. The number of aliphatic imine (C=N–C) groups is 1. The predicted molar refractivity (Wildman–Crippen MR) is 145 cm³/mol. The van der Waals surface area contributed by atoms with Crippen LogP contribution in [-0.4, -0.2) is 80.8 Å². The van der Waals surface area contributed by atoms with Crippen LogP contribution in [0.15, 0.2) is 35.3 Å². The molecule has 0 radical (unpaired) electrons. The third-order valence-electron chi connectivity index (χ3n) is 6.44. The van der Waals surface area contributed by atoms with Crippen LogP contribution in [0.1, 0.15) is 51.0 Å². The van der Waals surface area contributed by atoms with Crippen LogP contribution in [0, 0.1) is 0 Å². The zero-order chi connectivity index (χ0) is 21.7. The van der Waals surface area contributed by atoms with Crippen molar-refractivity contribution >= 4 is 29.9 Å². The maximum atomic E-state index is 6.15. The monoisotopic (exact) mass is 557 g/mol. The van der Waals surface area contributed by atoms with Gasteiger partial charge in [-0.15, -0.1) is 24.0 Å². The molecular formula is C25H44IN5O. The molecule has 182 valence electrons. The second kappa shape index (κ2) is 15.9. The van der Waals surface area contributed by atoms with Crippen LogP contribution in [-0.2, 0) is 11.3 Å². The predicted octanol–water partition coefficient (Wildman–Crippen LogP) is 3.72. The summed E-state index contributed by atoms with van der Waals surface area (Å²) >= 11 is 0. The number of ether oxygens (including phenoxy) is 1. The number of piperidine rings is 2. The molecule has 1 aromatic rings. The summed E-state index contributed by atoms with van der Waals surface area (Å²) in [6, 6.07) is 11.3. The van der Waals surface area contributed by atoms with Crippen LogP contribution in [0.2, 0.25) is 0 Å². The number of guanidine groups is 1. The van der Waals surface area contributed by atoms with E-state index in [0.717, 1.165) is 58.0 Å². The van der Waals surface area contributed by atoms with Crippen molar-refractivity contribution in [2.45, 2.75) is 64.1 Å². The molecular weight excluding hydrogens is 513 g/mol. The minimum absolute atomic E-state index is 0. The van der Waals surface area contributed by atoms with Crippen molar-refractivity contribution in [2.75, 3.05) is 52.9 Å². The van der Waals surface area contributed by atoms with Crippen molar-refractivity contribution in [1.29, 1.82) is 0 Å². The van der Waals surface area contributed by atoms with Gasteiger partial charge in [-0.3, -0.25) is 9.89 Å². The SMILES string of the molecule is CCCN1CCC(NC(=NC)NCCCOC2CCN(Cc3ccccc3)CC2)CC1.I. The summed E-state index contributed by atoms with van der Waals surface area (Å²) < 4.78 is 6.15. The Morgan fingerprint density at radius 1 is 1.03 bits per heavy atom. The van der Waals surface area contributed by atoms with Crippen LogP contribution in [0.25, 0.3) is 0 Å². The normalized spacial score (nSPS) is 19.5. The summed E-state index contributed by atoms with van der Waals surface area (Å²) in [5, 5.41) is 7.06. The van der Waals surface area contributed by atoms with E-state index in [4.69, 9.17) is 4.74 Å². The van der Waals surface area contributed by atoms with Gasteiger partial charge < -0.3 is 20.3 Å². The summed E-state index contributed by atoms with van der Waals surface area (Å²) in [5.41, 5.74) is 1.40. The average molecular weight is 558 g/mol. The zero-order valence-electron chi connectivity index (χ0n) is 20.1. The summed E-state index contributed by atoms with van der Waals surface area (Å²) in [5.74, 6) is 0.933. The minimum Gasteiger partial charge on any atom is -0.378 e. The number of likely N-dealkylation sites (tertiary alicyclic amines) is 2. The van der Waals surface area contributed by atoms with Gasteiger partial charge in [0.15, 0.2) is 5.96 Å². The fraction of sp³-hybridized carbons (Fsp3) is 0.720. The molecule has 7 heteroatoms. The molecule has 0 spiro atoms. The molecule has 2 heterocycles. The van der Waals surface area contributed by atoms with E-state index in [9.17, 15) is 0 Å². The molecule has 2 aliphatic rings. The Morgan fingerprint density at radius 2 is 1.72 bits per heavy atom. The molecule has 0 atom stereocenters. The van der Waals surface area contributed by atoms with E-state index in [1.165, 1.54) is 44.5 Å². The molecule has 32 heavy (non-hydrogen) atoms. The number of hydrogen-bond donors (Lipinski definition) is 2. The molecule has 2 aliphatic heterocycles. The Hall–Kier alpha value is -0.900. The standard InChI is InChI=1S/C25H43N5O.HI/c1-3-15-29-16-10-23(11-17-29)28-25(26-2)27-14-7-20-31-24-12-18-30(19-13-24)21-22-8-5-4-6-9-22;/h4-6,8-9,23-24H,3,7,10-21H2,1-2H3,(H2,26,27,28);1H. The number of halogens is 1. The lowest BCUT2D eigenvalue weighted by molar-refractivity contribution is 0.00534. The first-order valence-corrected chi connectivity index (χ1v) is 12.3. The van der Waals surface area contributed by atoms with Crippen LogP contribution in [0.4, 0.5) is 0 Å². The second-order valence-electron chi connectivity index (χ2n) is 8.94. The zero-order valence-corrected chi connectivity index (χ0v) is 22.4. The van der Waals surface area contributed by atoms with E-state index >= 15 is 0 Å². The molecule has 6 nitrogen and oxygen atoms in total. The first-order valence-electron chi connectivity index (χ1n) is 12.3. The number of benzene rings is 1. The first-order chi connectivity index (χ1) is 15.3. The summed E-state index contributed by atoms with van der Waals surface area (Å²) in [6.07, 6.45) is 7.36. The van der Waals surface area contributed by atoms with Crippen LogP contribution < -0.4 is 10.6 Å². The van der Waals surface area contributed by atoms with Crippen molar-refractivity contribution < 1.29 is 4.74 Å². The van der Waals surface area contributed by atoms with Crippen molar-refractivity contribution in [2.24, 2.45) is 4.99 Å². The largest absolute Gasteiger partial charge is 0.378 e. The van der Waals surface area contributed by atoms with Gasteiger partial charge in [0.2, 0.25) is 0 Å². The summed E-state index contributed by atoms with van der Waals surface area (Å²) in [4.78, 5) is 9.51. The maximum absolute atomic E-state index is 6.15. The van der Waals surface area contributed by atoms with Crippen LogP contribution in [0.3, 0.4) is 0 Å². The molecule has 1 aromatic carbocycles. The summed E-state index contributed by atoms with van der Waals surface area (Å²) in [6.45, 7) is 10.9. The Bertz CT molecular complexity index is 628. The molecule has 0 aromatic heterocycles. The van der Waals surface area contributed by atoms with Gasteiger partial charge in [-0.1, -0.05) is 37.3 Å². The van der Waals surface area contributed by atoms with Crippen molar-refractivity contribution in [3.8, 4) is 0 Å². The number of nitrogens with zero attached hydrogens (tertiary/aromatic N) is 3. The van der Waals surface area contributed by atoms with E-state index < -0.39 is 0 Å². The quantitative estimate of drug-likeness (QED) is 0.199. The topological polar surface area (TPSA) is 52.1 Å². The highest BCUT2D eigenvalue weighted by molar-refractivity contribution is 14.0. The smallest absolute Gasteiger partial charge is 0.191 e. The highest BCUT2D eigenvalue weighted by Crippen LogP contribution is 2.16. The van der Waals surface area contributed by atoms with E-state index in [-0.39, 0.29) is 24.0 Å². The van der Waals surface area contributed by atoms with Gasteiger partial charge >= 0.3 is 0 Å². The Balaban J connectivity index is 0.00000363. The van der Waals surface area contributed by atoms with Gasteiger partial charge in [0.05, 0.1) is 6.10 Å². The lowest BCUT2D eigenvalue weighted by atomic mass is 10.1. The molecule has 0 unspecified atom stereocenters. The molecule has 0 saturated carbocycles. The van der Waals surface area contributed by atoms with Gasteiger partial charge in [-0.2, -0.15) is 0 Å². The average Bonchev–Trinajstić information content (AvgIpc) is 2.81. The van der Waals surface area contributed by atoms with Gasteiger partial charge in [0.1, 0.15) is 0 Å². The molecule has 3 rings (SSSR count). The molecule has 2 fully saturated rings. The third kappa shape index (κ3) is 9.93. The number of rotatable bonds is 10. The minimum atomic E-state index is 0. The lowest BCUT2D eigenvalue weighted by Gasteiger charge is -2.33. The first kappa shape index (κ1) is 27.3. The fourth-order valence-corrected chi connectivity index (χ4v) is 4.61. The van der Waals surface area contributed by atoms with Crippen molar-refractivity contribution in [3.05, 3.63) is 35.9 Å². The van der Waals surface area contributed by atoms with E-state index in [0.29, 0.717) is 12.1 Å². The van der Waals surface area contributed by atoms with E-state index in [1.807, 2.05) is 7.05 Å². The van der Waals surface area contributed by atoms with Crippen molar-refractivity contribution in [3.63, 3.8) is 0 Å². The highest BCUT2D eigenvalue weighted by atomic mass is 127. The van der Waals surface area contributed by atoms with Crippen LogP contribution >= 0.6 is 24.0 Å². The van der Waals surface area contributed by atoms with Gasteiger partial charge in [0, 0.05) is 59.0 Å². The molecule has 2 saturated heterocycles. The lowest BCUT2D eigenvalue weighted by Crippen LogP contribution is -2.49. The molecule has 0 bridgehead atoms. The van der Waals surface area contributed by atoms with E-state index in [1.54, 1.807) is 0 Å². The Kier molecular flexibility index (Phi) is 13.5. The van der Waals surface area contributed by atoms with Gasteiger partial charge in [-0.25, -0.2) is 0 Å². The Morgan fingerprint density at radius 3 is 2.38 bits per heavy atom. The van der Waals surface area contributed by atoms with Gasteiger partial charge in [-0.05, 0) is 50.6 Å². The van der Waals surface area contributed by atoms with Gasteiger partial charge in [0.25, 0.3) is 0 Å². The van der Waals surface area contributed by atoms with E-state index in [2.05, 4.69) is 62.7 Å². The third-order valence-corrected chi connectivity index (χ3v) is 6.44. The number of nitrogens with one attached hydrogen (secondary N) is 2. The highest BCUT2D eigenvalue weighted by Gasteiger charge is 2.20. The Labute approximate surface area is 212 Å². The molecule has 0 amide bonds. The molecule has 0 aliphatic carbocycles. The molecule has 2 N–H and O–H groups in total. The van der Waals surface area contributed by atoms with Crippen molar-refractivity contribution in [1.82, 2.24) is 20.4 Å². The number of hydrogen-bond acceptors (Lipinski definition) is 4. The second-order valence-corrected chi connectivity index (χ2v) is 8.94. The van der Waals surface area contributed by atoms with Crippen LogP contribution in [0.5, 0.6) is 0 Å². The fourth-order valence-electron chi connectivity index (χ4n) is 4.61. The maximum Gasteiger partial charge on any atom is 0.191 e.